The zero-order valence-corrected chi connectivity index (χ0v) is 18.4. The van der Waals surface area contributed by atoms with Gasteiger partial charge in [0.25, 0.3) is 5.91 Å². The standard InChI is InChI=1S/C22H25N3O4S/c1-5-29-18-9-6-13(10-17(18)25(27)28)20(26)24-21-16(12-23)15-8-7-14(22(2,3)4)11-19(15)30-21/h6,9-10,14H,5,7-8,11H2,1-4H3,(H,24,26)/t14-/m1/s1. The summed E-state index contributed by atoms with van der Waals surface area (Å²) in [6.45, 7) is 8.69. The van der Waals surface area contributed by atoms with Crippen LogP contribution in [0.1, 0.15) is 60.5 Å². The molecule has 7 nitrogen and oxygen atoms in total. The lowest BCUT2D eigenvalue weighted by molar-refractivity contribution is -0.385. The first-order valence-corrected chi connectivity index (χ1v) is 10.7. The molecular weight excluding hydrogens is 402 g/mol. The predicted octanol–water partition coefficient (Wildman–Crippen LogP) is 5.33. The van der Waals surface area contributed by atoms with Crippen LogP contribution in [0.2, 0.25) is 0 Å². The molecule has 0 aliphatic heterocycles. The number of nitro benzene ring substituents is 1. The minimum atomic E-state index is -0.570. The van der Waals surface area contributed by atoms with Crippen molar-refractivity contribution in [2.75, 3.05) is 11.9 Å². The Morgan fingerprint density at radius 2 is 2.17 bits per heavy atom. The Labute approximate surface area is 179 Å². The number of hydrogen-bond donors (Lipinski definition) is 1. The maximum atomic E-state index is 12.8. The molecule has 1 heterocycles. The van der Waals surface area contributed by atoms with Crippen LogP contribution >= 0.6 is 11.3 Å². The summed E-state index contributed by atoms with van der Waals surface area (Å²) in [5.74, 6) is 0.160. The molecule has 1 atom stereocenters. The number of ether oxygens (including phenoxy) is 1. The number of carbonyl (C=O) groups is 1. The van der Waals surface area contributed by atoms with E-state index in [0.717, 1.165) is 29.7 Å². The van der Waals surface area contributed by atoms with E-state index in [1.807, 2.05) is 0 Å². The van der Waals surface area contributed by atoms with E-state index in [1.54, 1.807) is 6.92 Å². The SMILES string of the molecule is CCOc1ccc(C(=O)Nc2sc3c(c2C#N)CC[C@@H](C(C)(C)C)C3)cc1[N+](=O)[O-]. The van der Waals surface area contributed by atoms with Crippen molar-refractivity contribution in [1.29, 1.82) is 5.26 Å². The molecule has 0 spiro atoms. The molecule has 8 heteroatoms. The summed E-state index contributed by atoms with van der Waals surface area (Å²) in [5.41, 5.74) is 1.60. The van der Waals surface area contributed by atoms with Gasteiger partial charge in [0, 0.05) is 16.5 Å². The topological polar surface area (TPSA) is 105 Å². The number of hydrogen-bond acceptors (Lipinski definition) is 6. The molecule has 1 aromatic carbocycles. The first-order chi connectivity index (χ1) is 14.2. The number of nitriles is 1. The summed E-state index contributed by atoms with van der Waals surface area (Å²) in [7, 11) is 0. The monoisotopic (exact) mass is 427 g/mol. The Kier molecular flexibility index (Phi) is 6.13. The Balaban J connectivity index is 1.88. The van der Waals surface area contributed by atoms with Crippen LogP contribution < -0.4 is 10.1 Å². The summed E-state index contributed by atoms with van der Waals surface area (Å²) in [5, 5.41) is 24.3. The lowest BCUT2D eigenvalue weighted by atomic mass is 9.72. The van der Waals surface area contributed by atoms with Gasteiger partial charge in [0.05, 0.1) is 17.1 Å². The maximum Gasteiger partial charge on any atom is 0.311 e. The minimum Gasteiger partial charge on any atom is -0.487 e. The van der Waals surface area contributed by atoms with Crippen molar-refractivity contribution in [1.82, 2.24) is 0 Å². The van der Waals surface area contributed by atoms with Crippen molar-refractivity contribution in [3.63, 3.8) is 0 Å². The van der Waals surface area contributed by atoms with Gasteiger partial charge in [-0.2, -0.15) is 5.26 Å². The average Bonchev–Trinajstić information content (AvgIpc) is 3.03. The molecule has 3 rings (SSSR count). The van der Waals surface area contributed by atoms with Gasteiger partial charge in [-0.25, -0.2) is 0 Å². The fourth-order valence-corrected chi connectivity index (χ4v) is 5.06. The molecular formula is C22H25N3O4S. The fraction of sp³-hybridized carbons (Fsp3) is 0.455. The van der Waals surface area contributed by atoms with Crippen molar-refractivity contribution < 1.29 is 14.5 Å². The highest BCUT2D eigenvalue weighted by molar-refractivity contribution is 7.16. The minimum absolute atomic E-state index is 0.122. The highest BCUT2D eigenvalue weighted by atomic mass is 32.1. The second-order valence-corrected chi connectivity index (χ2v) is 9.56. The van der Waals surface area contributed by atoms with E-state index in [0.29, 0.717) is 16.5 Å². The fourth-order valence-electron chi connectivity index (χ4n) is 3.79. The van der Waals surface area contributed by atoms with Crippen LogP contribution in [-0.2, 0) is 12.8 Å². The Hall–Kier alpha value is -2.92. The Bertz CT molecular complexity index is 1030. The van der Waals surface area contributed by atoms with E-state index in [-0.39, 0.29) is 29.0 Å². The number of fused-ring (bicyclic) bond motifs is 1. The number of nitrogens with zero attached hydrogens (tertiary/aromatic N) is 2. The maximum absolute atomic E-state index is 12.8. The summed E-state index contributed by atoms with van der Waals surface area (Å²) >= 11 is 1.44. The Morgan fingerprint density at radius 3 is 2.77 bits per heavy atom. The molecule has 1 aliphatic carbocycles. The van der Waals surface area contributed by atoms with E-state index in [9.17, 15) is 20.2 Å². The smallest absolute Gasteiger partial charge is 0.311 e. The van der Waals surface area contributed by atoms with E-state index >= 15 is 0 Å². The van der Waals surface area contributed by atoms with Crippen LogP contribution in [-0.4, -0.2) is 17.4 Å². The summed E-state index contributed by atoms with van der Waals surface area (Å²) < 4.78 is 5.27. The number of anilines is 1. The molecule has 0 bridgehead atoms. The number of rotatable bonds is 5. The molecule has 1 N–H and O–H groups in total. The largest absolute Gasteiger partial charge is 0.487 e. The zero-order chi connectivity index (χ0) is 22.1. The van der Waals surface area contributed by atoms with Gasteiger partial charge in [-0.1, -0.05) is 20.8 Å². The van der Waals surface area contributed by atoms with Crippen molar-refractivity contribution in [3.8, 4) is 11.8 Å². The number of nitrogens with one attached hydrogen (secondary N) is 1. The molecule has 1 aromatic heterocycles. The molecule has 2 aromatic rings. The van der Waals surface area contributed by atoms with Gasteiger partial charge in [-0.15, -0.1) is 11.3 Å². The van der Waals surface area contributed by atoms with Gasteiger partial charge in [0.2, 0.25) is 0 Å². The van der Waals surface area contributed by atoms with Crippen LogP contribution in [0.3, 0.4) is 0 Å². The van der Waals surface area contributed by atoms with Gasteiger partial charge in [-0.05, 0) is 55.2 Å². The van der Waals surface area contributed by atoms with Crippen LogP contribution in [0.4, 0.5) is 10.7 Å². The molecule has 158 valence electrons. The first-order valence-electron chi connectivity index (χ1n) is 9.92. The second-order valence-electron chi connectivity index (χ2n) is 8.45. The number of carbonyl (C=O) groups excluding carboxylic acids is 1. The lowest BCUT2D eigenvalue weighted by Crippen LogP contribution is -2.26. The van der Waals surface area contributed by atoms with Crippen LogP contribution in [0.15, 0.2) is 18.2 Å². The van der Waals surface area contributed by atoms with Crippen molar-refractivity contribution in [2.24, 2.45) is 11.3 Å². The summed E-state index contributed by atoms with van der Waals surface area (Å²) in [6.07, 6.45) is 2.73. The number of nitro groups is 1. The third-order valence-electron chi connectivity index (χ3n) is 5.55. The van der Waals surface area contributed by atoms with E-state index < -0.39 is 10.8 Å². The number of thiophene rings is 1. The van der Waals surface area contributed by atoms with E-state index in [4.69, 9.17) is 4.74 Å². The molecule has 0 unspecified atom stereocenters. The van der Waals surface area contributed by atoms with Crippen LogP contribution in [0, 0.1) is 32.8 Å². The number of amides is 1. The Morgan fingerprint density at radius 1 is 1.43 bits per heavy atom. The van der Waals surface area contributed by atoms with Gasteiger partial charge < -0.3 is 10.1 Å². The van der Waals surface area contributed by atoms with Gasteiger partial charge in [0.15, 0.2) is 5.75 Å². The predicted molar refractivity (Wildman–Crippen MR) is 116 cm³/mol. The summed E-state index contributed by atoms with van der Waals surface area (Å²) in [4.78, 5) is 24.7. The van der Waals surface area contributed by atoms with Crippen LogP contribution in [0.25, 0.3) is 0 Å². The van der Waals surface area contributed by atoms with Crippen molar-refractivity contribution in [3.05, 3.63) is 49.9 Å². The molecule has 1 amide bonds. The molecule has 0 radical (unpaired) electrons. The van der Waals surface area contributed by atoms with Gasteiger partial charge in [-0.3, -0.25) is 14.9 Å². The summed E-state index contributed by atoms with van der Waals surface area (Å²) in [6, 6.07) is 6.36. The zero-order valence-electron chi connectivity index (χ0n) is 17.6. The highest BCUT2D eigenvalue weighted by Gasteiger charge is 2.32. The third kappa shape index (κ3) is 4.31. The third-order valence-corrected chi connectivity index (χ3v) is 6.72. The van der Waals surface area contributed by atoms with E-state index in [2.05, 4.69) is 32.2 Å². The van der Waals surface area contributed by atoms with Crippen molar-refractivity contribution >= 4 is 27.9 Å². The normalized spacial score (nSPS) is 15.8. The molecule has 1 aliphatic rings. The van der Waals surface area contributed by atoms with E-state index in [1.165, 1.54) is 29.5 Å². The number of benzene rings is 1. The molecule has 0 fully saturated rings. The first kappa shape index (κ1) is 21.8. The van der Waals surface area contributed by atoms with Crippen LogP contribution in [0.5, 0.6) is 5.75 Å². The molecule has 0 saturated carbocycles. The quantitative estimate of drug-likeness (QED) is 0.513. The second kappa shape index (κ2) is 8.44. The van der Waals surface area contributed by atoms with Gasteiger partial charge in [0.1, 0.15) is 11.1 Å². The molecule has 30 heavy (non-hydrogen) atoms. The highest BCUT2D eigenvalue weighted by Crippen LogP contribution is 2.44. The lowest BCUT2D eigenvalue weighted by Gasteiger charge is -2.33. The average molecular weight is 428 g/mol. The van der Waals surface area contributed by atoms with Gasteiger partial charge >= 0.3 is 5.69 Å². The molecule has 0 saturated heterocycles. The van der Waals surface area contributed by atoms with Crippen molar-refractivity contribution in [2.45, 2.75) is 47.0 Å².